The third-order valence-electron chi connectivity index (χ3n) is 3.66. The number of amides is 1. The van der Waals surface area contributed by atoms with Gasteiger partial charge in [-0.15, -0.1) is 0 Å². The zero-order valence-electron chi connectivity index (χ0n) is 10.9. The predicted molar refractivity (Wildman–Crippen MR) is 73.8 cm³/mol. The Balaban J connectivity index is 2.01. The van der Waals surface area contributed by atoms with Gasteiger partial charge in [0.15, 0.2) is 0 Å². The molecule has 2 heterocycles. The summed E-state index contributed by atoms with van der Waals surface area (Å²) in [7, 11) is 0. The second-order valence-electron chi connectivity index (χ2n) is 4.94. The maximum absolute atomic E-state index is 12.2. The summed E-state index contributed by atoms with van der Waals surface area (Å²) in [5, 5.41) is 18.5. The van der Waals surface area contributed by atoms with Gasteiger partial charge in [0.25, 0.3) is 11.5 Å². The molecule has 1 amide bonds. The second kappa shape index (κ2) is 6.39. The van der Waals surface area contributed by atoms with E-state index in [4.69, 9.17) is 16.7 Å². The minimum absolute atomic E-state index is 0.0126. The topological polar surface area (TPSA) is 93.6 Å². The van der Waals surface area contributed by atoms with Crippen LogP contribution in [0.4, 0.5) is 0 Å². The lowest BCUT2D eigenvalue weighted by Crippen LogP contribution is -2.42. The minimum atomic E-state index is -0.727. The first-order valence-electron chi connectivity index (χ1n) is 6.49. The number of nitrogens with one attached hydrogen (secondary N) is 1. The standard InChI is InChI=1S/C13H17ClN2O4/c14-10-5-9(6-15-12(10)19)13(20)16-3-1-8(2-4-16)11(18)7-17/h5-6,8,11,17-18H,1-4,7H2,(H,15,19). The molecule has 0 saturated carbocycles. The molecule has 1 atom stereocenters. The van der Waals surface area contributed by atoms with Crippen molar-refractivity contribution >= 4 is 17.5 Å². The van der Waals surface area contributed by atoms with E-state index in [2.05, 4.69) is 4.98 Å². The van der Waals surface area contributed by atoms with Crippen LogP contribution in [0, 0.1) is 5.92 Å². The average molecular weight is 301 g/mol. The van der Waals surface area contributed by atoms with Crippen molar-refractivity contribution in [3.63, 3.8) is 0 Å². The number of piperidine rings is 1. The van der Waals surface area contributed by atoms with Crippen molar-refractivity contribution in [2.75, 3.05) is 19.7 Å². The van der Waals surface area contributed by atoms with Crippen molar-refractivity contribution in [2.45, 2.75) is 18.9 Å². The normalized spacial score (nSPS) is 18.1. The third kappa shape index (κ3) is 3.20. The maximum Gasteiger partial charge on any atom is 0.266 e. The third-order valence-corrected chi connectivity index (χ3v) is 3.94. The SMILES string of the molecule is O=C(c1c[nH]c(=O)c(Cl)c1)N1CCC(C(O)CO)CC1. The number of nitrogens with zero attached hydrogens (tertiary/aromatic N) is 1. The van der Waals surface area contributed by atoms with Crippen LogP contribution < -0.4 is 5.56 Å². The first-order chi connectivity index (χ1) is 9.52. The van der Waals surface area contributed by atoms with Crippen LogP contribution in [-0.2, 0) is 0 Å². The highest BCUT2D eigenvalue weighted by Crippen LogP contribution is 2.22. The molecular formula is C13H17ClN2O4. The first kappa shape index (κ1) is 15.0. The van der Waals surface area contributed by atoms with E-state index >= 15 is 0 Å². The fourth-order valence-corrected chi connectivity index (χ4v) is 2.57. The summed E-state index contributed by atoms with van der Waals surface area (Å²) < 4.78 is 0. The zero-order valence-corrected chi connectivity index (χ0v) is 11.6. The number of rotatable bonds is 3. The summed E-state index contributed by atoms with van der Waals surface area (Å²) in [5.41, 5.74) is -0.0799. The molecule has 0 bridgehead atoms. The lowest BCUT2D eigenvalue weighted by atomic mass is 9.91. The molecule has 7 heteroatoms. The maximum atomic E-state index is 12.2. The van der Waals surface area contributed by atoms with Crippen LogP contribution in [0.2, 0.25) is 5.02 Å². The Morgan fingerprint density at radius 1 is 1.50 bits per heavy atom. The molecule has 1 saturated heterocycles. The van der Waals surface area contributed by atoms with E-state index in [9.17, 15) is 14.7 Å². The molecule has 2 rings (SSSR count). The van der Waals surface area contributed by atoms with Crippen molar-refractivity contribution < 1.29 is 15.0 Å². The van der Waals surface area contributed by atoms with Crippen molar-refractivity contribution in [2.24, 2.45) is 5.92 Å². The van der Waals surface area contributed by atoms with Gasteiger partial charge >= 0.3 is 0 Å². The van der Waals surface area contributed by atoms with Gasteiger partial charge in [-0.3, -0.25) is 9.59 Å². The van der Waals surface area contributed by atoms with Gasteiger partial charge in [0.05, 0.1) is 18.3 Å². The summed E-state index contributed by atoms with van der Waals surface area (Å²) in [6.07, 6.45) is 1.91. The van der Waals surface area contributed by atoms with Gasteiger partial charge in [-0.2, -0.15) is 0 Å². The smallest absolute Gasteiger partial charge is 0.266 e. The molecular weight excluding hydrogens is 284 g/mol. The highest BCUT2D eigenvalue weighted by molar-refractivity contribution is 6.30. The van der Waals surface area contributed by atoms with Crippen molar-refractivity contribution in [1.82, 2.24) is 9.88 Å². The molecule has 3 N–H and O–H groups in total. The highest BCUT2D eigenvalue weighted by Gasteiger charge is 2.27. The number of aliphatic hydroxyl groups is 2. The summed E-state index contributed by atoms with van der Waals surface area (Å²) in [5.74, 6) is -0.177. The number of hydrogen-bond donors (Lipinski definition) is 3. The summed E-state index contributed by atoms with van der Waals surface area (Å²) in [6, 6.07) is 1.36. The van der Waals surface area contributed by atoms with E-state index in [1.54, 1.807) is 4.90 Å². The summed E-state index contributed by atoms with van der Waals surface area (Å²) in [6.45, 7) is 0.767. The first-order valence-corrected chi connectivity index (χ1v) is 6.87. The van der Waals surface area contributed by atoms with E-state index in [0.29, 0.717) is 31.5 Å². The van der Waals surface area contributed by atoms with Crippen molar-refractivity contribution in [1.29, 1.82) is 0 Å². The molecule has 1 aliphatic heterocycles. The van der Waals surface area contributed by atoms with E-state index in [0.717, 1.165) is 0 Å². The van der Waals surface area contributed by atoms with Crippen molar-refractivity contribution in [3.05, 3.63) is 33.2 Å². The quantitative estimate of drug-likeness (QED) is 0.745. The van der Waals surface area contributed by atoms with Gasteiger partial charge in [0.1, 0.15) is 5.02 Å². The van der Waals surface area contributed by atoms with Gasteiger partial charge < -0.3 is 20.1 Å². The van der Waals surface area contributed by atoms with E-state index in [-0.39, 0.29) is 23.5 Å². The van der Waals surface area contributed by atoms with E-state index < -0.39 is 11.7 Å². The Morgan fingerprint density at radius 2 is 2.15 bits per heavy atom. The lowest BCUT2D eigenvalue weighted by molar-refractivity contribution is 0.0179. The Hall–Kier alpha value is -1.37. The minimum Gasteiger partial charge on any atom is -0.394 e. The summed E-state index contributed by atoms with van der Waals surface area (Å²) in [4.78, 5) is 27.5. The molecule has 1 aromatic heterocycles. The van der Waals surface area contributed by atoms with Crippen LogP contribution >= 0.6 is 11.6 Å². The molecule has 0 spiro atoms. The van der Waals surface area contributed by atoms with Gasteiger partial charge in [-0.25, -0.2) is 0 Å². The lowest BCUT2D eigenvalue weighted by Gasteiger charge is -2.33. The second-order valence-corrected chi connectivity index (χ2v) is 5.35. The monoisotopic (exact) mass is 300 g/mol. The number of carbonyl (C=O) groups is 1. The number of pyridine rings is 1. The van der Waals surface area contributed by atoms with Crippen LogP contribution in [0.5, 0.6) is 0 Å². The Kier molecular flexibility index (Phi) is 4.80. The summed E-state index contributed by atoms with van der Waals surface area (Å²) >= 11 is 5.71. The van der Waals surface area contributed by atoms with Crippen LogP contribution in [0.25, 0.3) is 0 Å². The number of likely N-dealkylation sites (tertiary alicyclic amines) is 1. The molecule has 0 aromatic carbocycles. The van der Waals surface area contributed by atoms with Gasteiger partial charge in [-0.1, -0.05) is 11.6 Å². The predicted octanol–water partition coefficient (Wildman–Crippen LogP) is 0.234. The molecule has 20 heavy (non-hydrogen) atoms. The molecule has 1 aromatic rings. The number of aromatic nitrogens is 1. The fraction of sp³-hybridized carbons (Fsp3) is 0.538. The van der Waals surface area contributed by atoms with Crippen molar-refractivity contribution in [3.8, 4) is 0 Å². The number of aliphatic hydroxyl groups excluding tert-OH is 2. The zero-order chi connectivity index (χ0) is 14.7. The van der Waals surface area contributed by atoms with Gasteiger partial charge in [0.2, 0.25) is 0 Å². The highest BCUT2D eigenvalue weighted by atomic mass is 35.5. The number of aromatic amines is 1. The van der Waals surface area contributed by atoms with Crippen LogP contribution in [0.15, 0.2) is 17.1 Å². The largest absolute Gasteiger partial charge is 0.394 e. The number of carbonyl (C=O) groups excluding carboxylic acids is 1. The fourth-order valence-electron chi connectivity index (χ4n) is 2.40. The molecule has 1 aliphatic rings. The number of hydrogen-bond acceptors (Lipinski definition) is 4. The molecule has 0 radical (unpaired) electrons. The Labute approximate surface area is 121 Å². The van der Waals surface area contributed by atoms with Crippen LogP contribution in [0.1, 0.15) is 23.2 Å². The number of halogens is 1. The van der Waals surface area contributed by atoms with E-state index in [1.165, 1.54) is 12.3 Å². The molecule has 1 unspecified atom stereocenters. The molecule has 0 aliphatic carbocycles. The molecule has 1 fully saturated rings. The van der Waals surface area contributed by atoms with Gasteiger partial charge in [-0.05, 0) is 24.8 Å². The van der Waals surface area contributed by atoms with E-state index in [1.807, 2.05) is 0 Å². The molecule has 110 valence electrons. The Bertz CT molecular complexity index is 537. The Morgan fingerprint density at radius 3 is 2.70 bits per heavy atom. The average Bonchev–Trinajstić information content (AvgIpc) is 2.48. The van der Waals surface area contributed by atoms with Crippen LogP contribution in [-0.4, -0.2) is 51.8 Å². The number of H-pyrrole nitrogens is 1. The van der Waals surface area contributed by atoms with Crippen LogP contribution in [0.3, 0.4) is 0 Å². The van der Waals surface area contributed by atoms with Gasteiger partial charge in [0, 0.05) is 19.3 Å². The molecule has 6 nitrogen and oxygen atoms in total.